The molecule has 0 fully saturated rings. The van der Waals surface area contributed by atoms with Crippen molar-refractivity contribution in [2.75, 3.05) is 13.1 Å². The van der Waals surface area contributed by atoms with Gasteiger partial charge in [0.25, 0.3) is 0 Å². The van der Waals surface area contributed by atoms with Crippen LogP contribution in [0, 0.1) is 5.41 Å². The molecule has 0 radical (unpaired) electrons. The highest BCUT2D eigenvalue weighted by Gasteiger charge is 2.25. The molecule has 1 heterocycles. The van der Waals surface area contributed by atoms with Crippen molar-refractivity contribution in [2.24, 2.45) is 11.1 Å². The molecule has 19 heavy (non-hydrogen) atoms. The van der Waals surface area contributed by atoms with Crippen molar-refractivity contribution < 1.29 is 0 Å². The Morgan fingerprint density at radius 1 is 1.21 bits per heavy atom. The van der Waals surface area contributed by atoms with E-state index in [1.165, 1.54) is 36.9 Å². The SMILES string of the molecule is CC(C)(C)CC(CN)N1CCCc2ccccc2C1. The molecule has 1 atom stereocenters. The van der Waals surface area contributed by atoms with E-state index in [1.54, 1.807) is 0 Å². The fraction of sp³-hybridized carbons (Fsp3) is 0.647. The predicted molar refractivity (Wildman–Crippen MR) is 82.1 cm³/mol. The first-order valence-electron chi connectivity index (χ1n) is 7.50. The minimum absolute atomic E-state index is 0.343. The lowest BCUT2D eigenvalue weighted by atomic mass is 9.87. The topological polar surface area (TPSA) is 29.3 Å². The second-order valence-electron chi connectivity index (χ2n) is 7.00. The summed E-state index contributed by atoms with van der Waals surface area (Å²) in [5.74, 6) is 0. The van der Waals surface area contributed by atoms with E-state index in [1.807, 2.05) is 0 Å². The van der Waals surface area contributed by atoms with E-state index in [0.717, 1.165) is 13.1 Å². The Kier molecular flexibility index (Phi) is 4.64. The molecule has 0 aromatic heterocycles. The highest BCUT2D eigenvalue weighted by atomic mass is 15.2. The third-order valence-corrected chi connectivity index (χ3v) is 4.02. The average Bonchev–Trinajstić information content (AvgIpc) is 2.56. The van der Waals surface area contributed by atoms with Crippen LogP contribution in [-0.2, 0) is 13.0 Å². The second kappa shape index (κ2) is 6.06. The van der Waals surface area contributed by atoms with Crippen LogP contribution in [0.15, 0.2) is 24.3 Å². The Balaban J connectivity index is 2.12. The molecule has 1 aliphatic heterocycles. The third-order valence-electron chi connectivity index (χ3n) is 4.02. The Morgan fingerprint density at radius 3 is 2.53 bits per heavy atom. The van der Waals surface area contributed by atoms with Gasteiger partial charge in [-0.2, -0.15) is 0 Å². The number of rotatable bonds is 3. The van der Waals surface area contributed by atoms with E-state index >= 15 is 0 Å². The summed E-state index contributed by atoms with van der Waals surface area (Å²) < 4.78 is 0. The van der Waals surface area contributed by atoms with Gasteiger partial charge in [-0.3, -0.25) is 4.90 Å². The molecule has 1 unspecified atom stereocenters. The molecule has 0 aliphatic carbocycles. The first-order valence-corrected chi connectivity index (χ1v) is 7.50. The smallest absolute Gasteiger partial charge is 0.0239 e. The molecular weight excluding hydrogens is 232 g/mol. The lowest BCUT2D eigenvalue weighted by Gasteiger charge is -2.34. The molecule has 2 rings (SSSR count). The molecule has 0 saturated heterocycles. The Hall–Kier alpha value is -0.860. The van der Waals surface area contributed by atoms with Crippen LogP contribution in [0.3, 0.4) is 0 Å². The van der Waals surface area contributed by atoms with E-state index in [2.05, 4.69) is 49.9 Å². The highest BCUT2D eigenvalue weighted by molar-refractivity contribution is 5.28. The van der Waals surface area contributed by atoms with Crippen LogP contribution in [0.4, 0.5) is 0 Å². The van der Waals surface area contributed by atoms with Gasteiger partial charge in [-0.05, 0) is 42.3 Å². The summed E-state index contributed by atoms with van der Waals surface area (Å²) >= 11 is 0. The van der Waals surface area contributed by atoms with Crippen molar-refractivity contribution >= 4 is 0 Å². The summed E-state index contributed by atoms with van der Waals surface area (Å²) in [6, 6.07) is 9.37. The van der Waals surface area contributed by atoms with Gasteiger partial charge in [0.2, 0.25) is 0 Å². The minimum Gasteiger partial charge on any atom is -0.329 e. The monoisotopic (exact) mass is 260 g/mol. The van der Waals surface area contributed by atoms with Crippen molar-refractivity contribution in [3.05, 3.63) is 35.4 Å². The summed E-state index contributed by atoms with van der Waals surface area (Å²) in [4.78, 5) is 2.59. The number of nitrogens with two attached hydrogens (primary N) is 1. The number of hydrogen-bond donors (Lipinski definition) is 1. The van der Waals surface area contributed by atoms with E-state index < -0.39 is 0 Å². The fourth-order valence-electron chi connectivity index (χ4n) is 3.11. The van der Waals surface area contributed by atoms with E-state index in [9.17, 15) is 0 Å². The summed E-state index contributed by atoms with van der Waals surface area (Å²) in [7, 11) is 0. The highest BCUT2D eigenvalue weighted by Crippen LogP contribution is 2.26. The number of hydrogen-bond acceptors (Lipinski definition) is 2. The van der Waals surface area contributed by atoms with Crippen molar-refractivity contribution in [3.63, 3.8) is 0 Å². The third kappa shape index (κ3) is 4.05. The minimum atomic E-state index is 0.343. The van der Waals surface area contributed by atoms with E-state index in [0.29, 0.717) is 11.5 Å². The van der Waals surface area contributed by atoms with Gasteiger partial charge in [0.05, 0.1) is 0 Å². The molecule has 2 N–H and O–H groups in total. The zero-order valence-corrected chi connectivity index (χ0v) is 12.7. The number of nitrogens with zero attached hydrogens (tertiary/aromatic N) is 1. The molecule has 106 valence electrons. The van der Waals surface area contributed by atoms with Crippen LogP contribution < -0.4 is 5.73 Å². The molecule has 0 bridgehead atoms. The van der Waals surface area contributed by atoms with Gasteiger partial charge in [-0.1, -0.05) is 45.0 Å². The predicted octanol–water partition coefficient (Wildman–Crippen LogP) is 3.20. The van der Waals surface area contributed by atoms with Gasteiger partial charge >= 0.3 is 0 Å². The molecule has 1 aliphatic rings. The molecule has 0 amide bonds. The van der Waals surface area contributed by atoms with Crippen LogP contribution >= 0.6 is 0 Å². The number of benzene rings is 1. The van der Waals surface area contributed by atoms with Gasteiger partial charge in [0, 0.05) is 19.1 Å². The van der Waals surface area contributed by atoms with Gasteiger partial charge in [0.1, 0.15) is 0 Å². The number of fused-ring (bicyclic) bond motifs is 1. The second-order valence-corrected chi connectivity index (χ2v) is 7.00. The normalized spacial score (nSPS) is 18.7. The zero-order chi connectivity index (χ0) is 13.9. The quantitative estimate of drug-likeness (QED) is 0.904. The summed E-state index contributed by atoms with van der Waals surface area (Å²) in [6.07, 6.45) is 3.63. The van der Waals surface area contributed by atoms with Crippen LogP contribution in [0.1, 0.15) is 44.7 Å². The summed E-state index contributed by atoms with van der Waals surface area (Å²) in [5.41, 5.74) is 9.40. The van der Waals surface area contributed by atoms with Gasteiger partial charge in [-0.15, -0.1) is 0 Å². The first kappa shape index (κ1) is 14.5. The fourth-order valence-corrected chi connectivity index (χ4v) is 3.11. The maximum Gasteiger partial charge on any atom is 0.0239 e. The molecule has 1 aromatic carbocycles. The first-order chi connectivity index (χ1) is 8.99. The van der Waals surface area contributed by atoms with Gasteiger partial charge in [-0.25, -0.2) is 0 Å². The van der Waals surface area contributed by atoms with Crippen molar-refractivity contribution in [2.45, 2.75) is 52.6 Å². The van der Waals surface area contributed by atoms with Crippen molar-refractivity contribution in [1.82, 2.24) is 4.90 Å². The van der Waals surface area contributed by atoms with Crippen LogP contribution in [0.5, 0.6) is 0 Å². The Bertz CT molecular complexity index is 406. The average molecular weight is 260 g/mol. The summed E-state index contributed by atoms with van der Waals surface area (Å²) in [6.45, 7) is 9.92. The molecular formula is C17H28N2. The van der Waals surface area contributed by atoms with Gasteiger partial charge < -0.3 is 5.73 Å². The summed E-state index contributed by atoms with van der Waals surface area (Å²) in [5, 5.41) is 0. The lowest BCUT2D eigenvalue weighted by Crippen LogP contribution is -2.42. The van der Waals surface area contributed by atoms with Crippen LogP contribution in [0.25, 0.3) is 0 Å². The molecule has 0 saturated carbocycles. The standard InChI is InChI=1S/C17H28N2/c1-17(2,3)11-16(12-18)19-10-6-9-14-7-4-5-8-15(14)13-19/h4-5,7-8,16H,6,9-13,18H2,1-3H3. The Morgan fingerprint density at radius 2 is 1.89 bits per heavy atom. The van der Waals surface area contributed by atoms with Crippen LogP contribution in [0.2, 0.25) is 0 Å². The molecule has 2 nitrogen and oxygen atoms in total. The zero-order valence-electron chi connectivity index (χ0n) is 12.7. The van der Waals surface area contributed by atoms with Crippen LogP contribution in [-0.4, -0.2) is 24.0 Å². The molecule has 1 aromatic rings. The van der Waals surface area contributed by atoms with Crippen molar-refractivity contribution in [1.29, 1.82) is 0 Å². The maximum absolute atomic E-state index is 6.04. The Labute approximate surface area is 118 Å². The van der Waals surface area contributed by atoms with E-state index in [4.69, 9.17) is 5.73 Å². The van der Waals surface area contributed by atoms with Crippen molar-refractivity contribution in [3.8, 4) is 0 Å². The number of aryl methyl sites for hydroxylation is 1. The largest absolute Gasteiger partial charge is 0.329 e. The lowest BCUT2D eigenvalue weighted by molar-refractivity contribution is 0.147. The van der Waals surface area contributed by atoms with Gasteiger partial charge in [0.15, 0.2) is 0 Å². The molecule has 2 heteroatoms. The maximum atomic E-state index is 6.04. The molecule has 0 spiro atoms. The van der Waals surface area contributed by atoms with E-state index in [-0.39, 0.29) is 0 Å².